The number of nitrogens with one attached hydrogen (secondary N) is 1. The van der Waals surface area contributed by atoms with Gasteiger partial charge in [-0.25, -0.2) is 9.97 Å². The molecule has 174 valence electrons. The predicted octanol–water partition coefficient (Wildman–Crippen LogP) is 4.95. The van der Waals surface area contributed by atoms with Crippen LogP contribution in [0.2, 0.25) is 5.02 Å². The molecule has 0 saturated heterocycles. The van der Waals surface area contributed by atoms with Crippen molar-refractivity contribution in [1.29, 1.82) is 0 Å². The minimum absolute atomic E-state index is 0.127. The minimum Gasteiger partial charge on any atom is -0.368 e. The van der Waals surface area contributed by atoms with Crippen molar-refractivity contribution in [3.8, 4) is 16.8 Å². The summed E-state index contributed by atoms with van der Waals surface area (Å²) >= 11 is 6.39. The van der Waals surface area contributed by atoms with E-state index in [-0.39, 0.29) is 11.5 Å². The van der Waals surface area contributed by atoms with E-state index in [2.05, 4.69) is 20.3 Å². The van der Waals surface area contributed by atoms with Gasteiger partial charge in [0.25, 0.3) is 5.56 Å². The lowest BCUT2D eigenvalue weighted by Gasteiger charge is -2.21. The zero-order valence-electron chi connectivity index (χ0n) is 19.1. The third kappa shape index (κ3) is 4.31. The van der Waals surface area contributed by atoms with Gasteiger partial charge in [-0.1, -0.05) is 41.9 Å². The summed E-state index contributed by atoms with van der Waals surface area (Å²) < 4.78 is 1.57. The first-order valence-electron chi connectivity index (χ1n) is 11.0. The molecular weight excluding hydrogens is 462 g/mol. The van der Waals surface area contributed by atoms with Crippen LogP contribution >= 0.6 is 11.6 Å². The second kappa shape index (κ2) is 9.15. The maximum absolute atomic E-state index is 13.7. The number of para-hydroxylation sites is 1. The second-order valence-electron chi connectivity index (χ2n) is 8.12. The normalized spacial score (nSPS) is 12.0. The number of hydrogen-bond donors (Lipinski definition) is 2. The fourth-order valence-corrected chi connectivity index (χ4v) is 4.19. The summed E-state index contributed by atoms with van der Waals surface area (Å²) in [6.45, 7) is 3.83. The van der Waals surface area contributed by atoms with Crippen LogP contribution in [-0.4, -0.2) is 24.5 Å². The van der Waals surface area contributed by atoms with E-state index >= 15 is 0 Å². The molecule has 1 atom stereocenters. The van der Waals surface area contributed by atoms with Crippen molar-refractivity contribution in [2.45, 2.75) is 19.9 Å². The first-order chi connectivity index (χ1) is 16.9. The summed E-state index contributed by atoms with van der Waals surface area (Å²) in [5, 5.41) is 4.11. The molecule has 0 aliphatic carbocycles. The molecule has 0 amide bonds. The Kier molecular flexibility index (Phi) is 5.88. The average Bonchev–Trinajstić information content (AvgIpc) is 2.85. The van der Waals surface area contributed by atoms with Gasteiger partial charge in [0.2, 0.25) is 5.95 Å². The number of nitrogens with zero attached hydrogens (tertiary/aromatic N) is 5. The molecule has 0 fully saturated rings. The average molecular weight is 484 g/mol. The maximum atomic E-state index is 13.7. The highest BCUT2D eigenvalue weighted by Crippen LogP contribution is 2.30. The van der Waals surface area contributed by atoms with Crippen molar-refractivity contribution in [3.05, 3.63) is 100.0 Å². The first-order valence-corrected chi connectivity index (χ1v) is 11.4. The Morgan fingerprint density at radius 3 is 2.51 bits per heavy atom. The molecule has 0 saturated carbocycles. The van der Waals surface area contributed by atoms with Crippen molar-refractivity contribution >= 4 is 34.3 Å². The van der Waals surface area contributed by atoms with Crippen LogP contribution in [-0.2, 0) is 0 Å². The van der Waals surface area contributed by atoms with E-state index in [0.717, 1.165) is 16.8 Å². The van der Waals surface area contributed by atoms with Gasteiger partial charge in [-0.3, -0.25) is 14.3 Å². The van der Waals surface area contributed by atoms with Gasteiger partial charge in [0, 0.05) is 29.2 Å². The zero-order chi connectivity index (χ0) is 24.5. The number of benzene rings is 2. The summed E-state index contributed by atoms with van der Waals surface area (Å²) in [5.41, 5.74) is 9.34. The van der Waals surface area contributed by atoms with Crippen molar-refractivity contribution < 1.29 is 0 Å². The van der Waals surface area contributed by atoms with Crippen molar-refractivity contribution in [2.24, 2.45) is 0 Å². The van der Waals surface area contributed by atoms with Crippen LogP contribution in [0.3, 0.4) is 0 Å². The number of nitrogens with two attached hydrogens (primary N) is 1. The molecule has 0 radical (unpaired) electrons. The van der Waals surface area contributed by atoms with E-state index in [9.17, 15) is 4.79 Å². The van der Waals surface area contributed by atoms with Gasteiger partial charge < -0.3 is 11.1 Å². The third-order valence-corrected chi connectivity index (χ3v) is 5.97. The Bertz CT molecular complexity index is 1580. The monoisotopic (exact) mass is 483 g/mol. The Balaban J connectivity index is 1.66. The van der Waals surface area contributed by atoms with Gasteiger partial charge in [0.15, 0.2) is 0 Å². The fourth-order valence-electron chi connectivity index (χ4n) is 3.94. The molecule has 0 spiro atoms. The summed E-state index contributed by atoms with van der Waals surface area (Å²) in [7, 11) is 0. The van der Waals surface area contributed by atoms with E-state index in [4.69, 9.17) is 22.3 Å². The van der Waals surface area contributed by atoms with Crippen LogP contribution in [0.4, 0.5) is 11.8 Å². The molecule has 0 unspecified atom stereocenters. The number of nitrogen functional groups attached to an aromatic ring is 1. The van der Waals surface area contributed by atoms with Gasteiger partial charge >= 0.3 is 0 Å². The Morgan fingerprint density at radius 1 is 0.971 bits per heavy atom. The highest BCUT2D eigenvalue weighted by molar-refractivity contribution is 6.35. The molecule has 0 aliphatic heterocycles. The largest absolute Gasteiger partial charge is 0.368 e. The highest BCUT2D eigenvalue weighted by Gasteiger charge is 2.21. The van der Waals surface area contributed by atoms with Crippen LogP contribution in [0.25, 0.3) is 27.7 Å². The number of rotatable bonds is 5. The number of halogens is 1. The molecule has 0 aliphatic rings. The fraction of sp³-hybridized carbons (Fsp3) is 0.115. The van der Waals surface area contributed by atoms with Crippen molar-refractivity contribution in [2.75, 3.05) is 11.1 Å². The van der Waals surface area contributed by atoms with Gasteiger partial charge in [0.1, 0.15) is 11.6 Å². The first kappa shape index (κ1) is 22.5. The number of hydrogen-bond acceptors (Lipinski definition) is 7. The van der Waals surface area contributed by atoms with Crippen LogP contribution < -0.4 is 16.6 Å². The predicted molar refractivity (Wildman–Crippen MR) is 139 cm³/mol. The number of aromatic nitrogens is 5. The molecule has 8 nitrogen and oxygen atoms in total. The van der Waals surface area contributed by atoms with Gasteiger partial charge in [-0.15, -0.1) is 0 Å². The molecule has 0 bridgehead atoms. The van der Waals surface area contributed by atoms with E-state index in [1.165, 1.54) is 0 Å². The maximum Gasteiger partial charge on any atom is 0.267 e. The SMILES string of the molecule is Cc1ccc(-c2cnc(N)nc2N[C@@H](C)c2nc3cccc(Cl)c3c(=O)n2-c2ccccc2)cn1. The minimum atomic E-state index is -0.433. The van der Waals surface area contributed by atoms with Gasteiger partial charge in [0.05, 0.1) is 27.7 Å². The number of pyridine rings is 1. The summed E-state index contributed by atoms with van der Waals surface area (Å²) in [4.78, 5) is 31.5. The summed E-state index contributed by atoms with van der Waals surface area (Å²) in [6.07, 6.45) is 3.41. The molecule has 35 heavy (non-hydrogen) atoms. The lowest BCUT2D eigenvalue weighted by molar-refractivity contribution is 0.731. The molecule has 5 aromatic rings. The number of aryl methyl sites for hydroxylation is 1. The molecule has 2 aromatic carbocycles. The Morgan fingerprint density at radius 2 is 1.77 bits per heavy atom. The molecular formula is C26H22ClN7O. The topological polar surface area (TPSA) is 112 Å². The quantitative estimate of drug-likeness (QED) is 0.363. The van der Waals surface area contributed by atoms with E-state index < -0.39 is 6.04 Å². The van der Waals surface area contributed by atoms with Crippen LogP contribution in [0.5, 0.6) is 0 Å². The van der Waals surface area contributed by atoms with Crippen LogP contribution in [0.1, 0.15) is 24.5 Å². The van der Waals surface area contributed by atoms with Crippen molar-refractivity contribution in [3.63, 3.8) is 0 Å². The smallest absolute Gasteiger partial charge is 0.267 e. The summed E-state index contributed by atoms with van der Waals surface area (Å²) in [5.74, 6) is 1.14. The standard InChI is InChI=1S/C26H22ClN7O/c1-15-11-12-17(13-29-15)19-14-30-26(28)33-23(19)31-16(2)24-32-21-10-6-9-20(27)22(21)25(35)34(24)18-7-4-3-5-8-18/h3-14,16H,1-2H3,(H3,28,30,31,33)/t16-/m0/s1. The van der Waals surface area contributed by atoms with Crippen molar-refractivity contribution in [1.82, 2.24) is 24.5 Å². The van der Waals surface area contributed by atoms with E-state index in [0.29, 0.717) is 33.3 Å². The number of anilines is 2. The van der Waals surface area contributed by atoms with Gasteiger partial charge in [-0.05, 0) is 44.2 Å². The zero-order valence-corrected chi connectivity index (χ0v) is 19.9. The van der Waals surface area contributed by atoms with E-state index in [1.54, 1.807) is 35.2 Å². The molecule has 3 heterocycles. The Hall–Kier alpha value is -4.30. The molecule has 9 heteroatoms. The lowest BCUT2D eigenvalue weighted by atomic mass is 10.1. The Labute approximate surface area is 206 Å². The van der Waals surface area contributed by atoms with Gasteiger partial charge in [-0.2, -0.15) is 4.98 Å². The molecule has 3 aromatic heterocycles. The molecule has 3 N–H and O–H groups in total. The third-order valence-electron chi connectivity index (χ3n) is 5.66. The second-order valence-corrected chi connectivity index (χ2v) is 8.53. The molecule has 5 rings (SSSR count). The summed E-state index contributed by atoms with van der Waals surface area (Å²) in [6, 6.07) is 18.0. The highest BCUT2D eigenvalue weighted by atomic mass is 35.5. The lowest BCUT2D eigenvalue weighted by Crippen LogP contribution is -2.27. The number of fused-ring (bicyclic) bond motifs is 1. The van der Waals surface area contributed by atoms with Crippen LogP contribution in [0, 0.1) is 6.92 Å². The van der Waals surface area contributed by atoms with E-state index in [1.807, 2.05) is 56.3 Å². The van der Waals surface area contributed by atoms with Crippen LogP contribution in [0.15, 0.2) is 77.9 Å².